The maximum Gasteiger partial charge on any atom is 0.0440 e. The Morgan fingerprint density at radius 3 is 2.15 bits per heavy atom. The molecular weight excluding hydrogens is 166 g/mol. The third kappa shape index (κ3) is 1.73. The molecule has 78 valence electrons. The molecule has 1 unspecified atom stereocenters. The Labute approximate surface area is 80.3 Å². The second-order valence-electron chi connectivity index (χ2n) is 5.19. The minimum Gasteiger partial charge on any atom is -0.396 e. The SMILES string of the molecule is CC1(C)CC(CCO)C(C)(C)N1O. The lowest BCUT2D eigenvalue weighted by atomic mass is 9.85. The smallest absolute Gasteiger partial charge is 0.0440 e. The summed E-state index contributed by atoms with van der Waals surface area (Å²) in [5.74, 6) is 0.373. The molecule has 3 nitrogen and oxygen atoms in total. The van der Waals surface area contributed by atoms with E-state index in [9.17, 15) is 5.21 Å². The van der Waals surface area contributed by atoms with Gasteiger partial charge in [-0.2, -0.15) is 5.06 Å². The van der Waals surface area contributed by atoms with Crippen molar-refractivity contribution in [3.05, 3.63) is 0 Å². The van der Waals surface area contributed by atoms with Crippen LogP contribution < -0.4 is 0 Å². The molecule has 3 heteroatoms. The van der Waals surface area contributed by atoms with Crippen LogP contribution in [0.15, 0.2) is 0 Å². The van der Waals surface area contributed by atoms with Crippen LogP contribution in [0.2, 0.25) is 0 Å². The normalized spacial score (nSPS) is 32.3. The van der Waals surface area contributed by atoms with Gasteiger partial charge in [0, 0.05) is 17.7 Å². The second kappa shape index (κ2) is 3.23. The van der Waals surface area contributed by atoms with Crippen LogP contribution in [-0.4, -0.2) is 33.1 Å². The zero-order valence-corrected chi connectivity index (χ0v) is 9.04. The fourth-order valence-corrected chi connectivity index (χ4v) is 2.50. The number of hydrogen-bond donors (Lipinski definition) is 2. The van der Waals surface area contributed by atoms with E-state index in [1.807, 2.05) is 27.7 Å². The standard InChI is InChI=1S/C10H21NO2/c1-9(2)7-8(5-6-12)10(3,4)11(9)13/h8,12-13H,5-7H2,1-4H3. The first-order chi connectivity index (χ1) is 5.82. The van der Waals surface area contributed by atoms with E-state index in [0.717, 1.165) is 12.8 Å². The van der Waals surface area contributed by atoms with Gasteiger partial charge in [-0.15, -0.1) is 0 Å². The van der Waals surface area contributed by atoms with Crippen molar-refractivity contribution in [3.63, 3.8) is 0 Å². The fraction of sp³-hybridized carbons (Fsp3) is 1.00. The topological polar surface area (TPSA) is 43.7 Å². The molecule has 0 aromatic rings. The molecule has 1 fully saturated rings. The third-order valence-corrected chi connectivity index (χ3v) is 3.34. The van der Waals surface area contributed by atoms with Crippen molar-refractivity contribution in [1.82, 2.24) is 5.06 Å². The Balaban J connectivity index is 2.80. The van der Waals surface area contributed by atoms with E-state index in [1.54, 1.807) is 0 Å². The molecule has 1 aliphatic heterocycles. The summed E-state index contributed by atoms with van der Waals surface area (Å²) >= 11 is 0. The van der Waals surface area contributed by atoms with Crippen molar-refractivity contribution in [3.8, 4) is 0 Å². The van der Waals surface area contributed by atoms with Gasteiger partial charge in [0.2, 0.25) is 0 Å². The Kier molecular flexibility index (Phi) is 2.72. The molecule has 1 saturated heterocycles. The van der Waals surface area contributed by atoms with Crippen LogP contribution in [0.3, 0.4) is 0 Å². The van der Waals surface area contributed by atoms with E-state index in [0.29, 0.717) is 5.92 Å². The van der Waals surface area contributed by atoms with E-state index >= 15 is 0 Å². The summed E-state index contributed by atoms with van der Waals surface area (Å²) in [6, 6.07) is 0. The fourth-order valence-electron chi connectivity index (χ4n) is 2.50. The van der Waals surface area contributed by atoms with Gasteiger partial charge in [-0.3, -0.25) is 0 Å². The second-order valence-corrected chi connectivity index (χ2v) is 5.19. The lowest BCUT2D eigenvalue weighted by Gasteiger charge is -2.35. The van der Waals surface area contributed by atoms with Crippen LogP contribution in [0.1, 0.15) is 40.5 Å². The first-order valence-corrected chi connectivity index (χ1v) is 4.92. The monoisotopic (exact) mass is 187 g/mol. The Hall–Kier alpha value is -0.120. The van der Waals surface area contributed by atoms with Crippen molar-refractivity contribution < 1.29 is 10.3 Å². The quantitative estimate of drug-likeness (QED) is 0.690. The molecule has 0 aromatic carbocycles. The number of nitrogens with zero attached hydrogens (tertiary/aromatic N) is 1. The zero-order chi connectivity index (χ0) is 10.3. The molecule has 0 saturated carbocycles. The minimum atomic E-state index is -0.216. The van der Waals surface area contributed by atoms with Crippen LogP contribution in [0.4, 0.5) is 0 Å². The van der Waals surface area contributed by atoms with E-state index in [-0.39, 0.29) is 17.7 Å². The van der Waals surface area contributed by atoms with Gasteiger partial charge in [0.15, 0.2) is 0 Å². The van der Waals surface area contributed by atoms with Crippen molar-refractivity contribution in [2.24, 2.45) is 5.92 Å². The van der Waals surface area contributed by atoms with Crippen molar-refractivity contribution in [1.29, 1.82) is 0 Å². The van der Waals surface area contributed by atoms with Crippen molar-refractivity contribution >= 4 is 0 Å². The molecule has 0 aliphatic carbocycles. The Morgan fingerprint density at radius 2 is 1.85 bits per heavy atom. The summed E-state index contributed by atoms with van der Waals surface area (Å²) in [6.45, 7) is 8.33. The van der Waals surface area contributed by atoms with E-state index in [2.05, 4.69) is 0 Å². The van der Waals surface area contributed by atoms with Crippen LogP contribution in [0.5, 0.6) is 0 Å². The number of aliphatic hydroxyl groups excluding tert-OH is 1. The maximum absolute atomic E-state index is 9.93. The molecule has 1 rings (SSSR count). The van der Waals surface area contributed by atoms with E-state index in [4.69, 9.17) is 5.11 Å². The van der Waals surface area contributed by atoms with Crippen molar-refractivity contribution in [2.75, 3.05) is 6.61 Å². The van der Waals surface area contributed by atoms with E-state index < -0.39 is 0 Å². The number of aliphatic hydroxyl groups is 1. The molecule has 1 aliphatic rings. The average Bonchev–Trinajstić information content (AvgIpc) is 2.14. The average molecular weight is 187 g/mol. The lowest BCUT2D eigenvalue weighted by molar-refractivity contribution is -0.197. The molecule has 0 bridgehead atoms. The number of hydroxylamine groups is 2. The summed E-state index contributed by atoms with van der Waals surface area (Å²) in [5, 5.41) is 20.3. The van der Waals surface area contributed by atoms with Gasteiger partial charge in [0.1, 0.15) is 0 Å². The van der Waals surface area contributed by atoms with Crippen LogP contribution in [-0.2, 0) is 0 Å². The van der Waals surface area contributed by atoms with Gasteiger partial charge < -0.3 is 10.3 Å². The first-order valence-electron chi connectivity index (χ1n) is 4.92. The highest BCUT2D eigenvalue weighted by molar-refractivity contribution is 5.01. The van der Waals surface area contributed by atoms with Crippen LogP contribution >= 0.6 is 0 Å². The Bertz CT molecular complexity index is 189. The molecule has 0 spiro atoms. The molecule has 0 radical (unpaired) electrons. The molecule has 1 heterocycles. The minimum absolute atomic E-state index is 0.163. The first kappa shape index (κ1) is 11.0. The summed E-state index contributed by atoms with van der Waals surface area (Å²) in [4.78, 5) is 0. The van der Waals surface area contributed by atoms with Crippen LogP contribution in [0, 0.1) is 5.92 Å². The van der Waals surface area contributed by atoms with E-state index in [1.165, 1.54) is 5.06 Å². The summed E-state index contributed by atoms with van der Waals surface area (Å²) in [6.07, 6.45) is 1.71. The predicted molar refractivity (Wildman–Crippen MR) is 51.6 cm³/mol. The van der Waals surface area contributed by atoms with Crippen molar-refractivity contribution in [2.45, 2.75) is 51.6 Å². The summed E-state index contributed by atoms with van der Waals surface area (Å²) < 4.78 is 0. The zero-order valence-electron chi connectivity index (χ0n) is 9.04. The highest BCUT2D eigenvalue weighted by Gasteiger charge is 2.50. The summed E-state index contributed by atoms with van der Waals surface area (Å²) in [7, 11) is 0. The number of rotatable bonds is 2. The highest BCUT2D eigenvalue weighted by Crippen LogP contribution is 2.44. The molecule has 0 amide bonds. The summed E-state index contributed by atoms with van der Waals surface area (Å²) in [5.41, 5.74) is -0.379. The molecule has 0 aromatic heterocycles. The maximum atomic E-state index is 9.93. The largest absolute Gasteiger partial charge is 0.396 e. The van der Waals surface area contributed by atoms with Gasteiger partial charge >= 0.3 is 0 Å². The molecule has 1 atom stereocenters. The van der Waals surface area contributed by atoms with Crippen LogP contribution in [0.25, 0.3) is 0 Å². The van der Waals surface area contributed by atoms with Gasteiger partial charge in [0.25, 0.3) is 0 Å². The van der Waals surface area contributed by atoms with Gasteiger partial charge in [0.05, 0.1) is 0 Å². The van der Waals surface area contributed by atoms with Gasteiger partial charge in [-0.25, -0.2) is 0 Å². The van der Waals surface area contributed by atoms with Gasteiger partial charge in [-0.1, -0.05) is 0 Å². The number of hydrogen-bond acceptors (Lipinski definition) is 3. The molecular formula is C10H21NO2. The third-order valence-electron chi connectivity index (χ3n) is 3.34. The molecule has 13 heavy (non-hydrogen) atoms. The Morgan fingerprint density at radius 1 is 1.31 bits per heavy atom. The van der Waals surface area contributed by atoms with Gasteiger partial charge in [-0.05, 0) is 46.5 Å². The lowest BCUT2D eigenvalue weighted by Crippen LogP contribution is -2.47. The predicted octanol–water partition coefficient (Wildman–Crippen LogP) is 1.64. The molecule has 2 N–H and O–H groups in total. The highest BCUT2D eigenvalue weighted by atomic mass is 16.5.